The fourth-order valence-electron chi connectivity index (χ4n) is 2.28. The Kier molecular flexibility index (Phi) is 5.11. The summed E-state index contributed by atoms with van der Waals surface area (Å²) in [5.41, 5.74) is 0. The zero-order valence-electron chi connectivity index (χ0n) is 9.77. The fourth-order valence-corrected chi connectivity index (χ4v) is 3.27. The highest BCUT2D eigenvalue weighted by atomic mass is 32.2. The molecule has 0 aliphatic carbocycles. The highest BCUT2D eigenvalue weighted by molar-refractivity contribution is 7.86. The first-order chi connectivity index (χ1) is 8.23. The minimum Gasteiger partial charge on any atom is -0.481 e. The van der Waals surface area contributed by atoms with E-state index in [-0.39, 0.29) is 25.7 Å². The van der Waals surface area contributed by atoms with Crippen LogP contribution in [0.5, 0.6) is 0 Å². The third kappa shape index (κ3) is 3.92. The summed E-state index contributed by atoms with van der Waals surface area (Å²) in [5, 5.41) is 31.5. The maximum atomic E-state index is 11.3. The molecule has 1 heterocycles. The number of aliphatic carboxylic acids is 1. The van der Waals surface area contributed by atoms with E-state index in [0.29, 0.717) is 6.42 Å². The number of nitrogens with zero attached hydrogens (tertiary/aromatic N) is 1. The number of carbonyl (C=O) groups is 1. The molecule has 104 valence electrons. The van der Waals surface area contributed by atoms with Crippen LogP contribution in [-0.2, 0) is 15.0 Å². The van der Waals surface area contributed by atoms with Gasteiger partial charge < -0.3 is 15.2 Å². The van der Waals surface area contributed by atoms with Gasteiger partial charge in [-0.1, -0.05) is 6.42 Å². The Labute approximate surface area is 106 Å². The maximum Gasteiger partial charge on any atom is 0.451 e. The molecule has 8 nitrogen and oxygen atoms in total. The summed E-state index contributed by atoms with van der Waals surface area (Å²) in [5.74, 6) is -1.85. The van der Waals surface area contributed by atoms with E-state index in [1.54, 1.807) is 0 Å². The van der Waals surface area contributed by atoms with Gasteiger partial charge in [-0.25, -0.2) is 5.14 Å². The molecule has 0 spiro atoms. The van der Waals surface area contributed by atoms with Crippen LogP contribution in [0.2, 0.25) is 6.32 Å². The summed E-state index contributed by atoms with van der Waals surface area (Å²) >= 11 is 0. The molecule has 0 aromatic carbocycles. The number of rotatable bonds is 6. The van der Waals surface area contributed by atoms with Crippen molar-refractivity contribution in [2.45, 2.75) is 31.6 Å². The second kappa shape index (κ2) is 5.98. The van der Waals surface area contributed by atoms with E-state index in [2.05, 4.69) is 0 Å². The fraction of sp³-hybridized carbons (Fsp3) is 0.875. The lowest BCUT2D eigenvalue weighted by atomic mass is 9.82. The van der Waals surface area contributed by atoms with Crippen LogP contribution in [0, 0.1) is 5.92 Å². The van der Waals surface area contributed by atoms with Crippen LogP contribution < -0.4 is 5.14 Å². The Morgan fingerprint density at radius 3 is 2.50 bits per heavy atom. The minimum atomic E-state index is -3.92. The van der Waals surface area contributed by atoms with Gasteiger partial charge in [-0.3, -0.25) is 4.79 Å². The smallest absolute Gasteiger partial charge is 0.451 e. The van der Waals surface area contributed by atoms with Crippen LogP contribution in [0.15, 0.2) is 0 Å². The van der Waals surface area contributed by atoms with Gasteiger partial charge in [-0.05, 0) is 19.2 Å². The first-order valence-corrected chi connectivity index (χ1v) is 7.12. The van der Waals surface area contributed by atoms with E-state index in [1.807, 2.05) is 0 Å². The van der Waals surface area contributed by atoms with Gasteiger partial charge in [-0.2, -0.15) is 12.7 Å². The van der Waals surface area contributed by atoms with E-state index < -0.39 is 35.3 Å². The molecule has 0 bridgehead atoms. The molecule has 0 amide bonds. The van der Waals surface area contributed by atoms with E-state index in [9.17, 15) is 13.2 Å². The van der Waals surface area contributed by atoms with Crippen LogP contribution in [-0.4, -0.2) is 53.6 Å². The quantitative estimate of drug-likeness (QED) is 0.424. The van der Waals surface area contributed by atoms with Crippen LogP contribution in [0.4, 0.5) is 0 Å². The molecule has 2 atom stereocenters. The van der Waals surface area contributed by atoms with Crippen molar-refractivity contribution in [2.75, 3.05) is 6.54 Å². The van der Waals surface area contributed by atoms with Gasteiger partial charge in [0.15, 0.2) is 0 Å². The van der Waals surface area contributed by atoms with Crippen molar-refractivity contribution in [1.29, 1.82) is 0 Å². The summed E-state index contributed by atoms with van der Waals surface area (Å²) in [6, 6.07) is -0.712. The van der Waals surface area contributed by atoms with Gasteiger partial charge in [0.25, 0.3) is 10.2 Å². The molecule has 10 heteroatoms. The molecule has 18 heavy (non-hydrogen) atoms. The van der Waals surface area contributed by atoms with Gasteiger partial charge in [0, 0.05) is 12.6 Å². The van der Waals surface area contributed by atoms with Crippen molar-refractivity contribution in [3.05, 3.63) is 0 Å². The van der Waals surface area contributed by atoms with Gasteiger partial charge in [0.2, 0.25) is 0 Å². The van der Waals surface area contributed by atoms with Gasteiger partial charge >= 0.3 is 13.1 Å². The Morgan fingerprint density at radius 1 is 1.44 bits per heavy atom. The van der Waals surface area contributed by atoms with Crippen LogP contribution in [0.3, 0.4) is 0 Å². The summed E-state index contributed by atoms with van der Waals surface area (Å²) in [4.78, 5) is 11.0. The Balaban J connectivity index is 2.73. The molecule has 1 fully saturated rings. The predicted octanol–water partition coefficient (Wildman–Crippen LogP) is -1.78. The molecule has 0 aromatic rings. The molecule has 5 N–H and O–H groups in total. The third-order valence-corrected chi connectivity index (χ3v) is 4.21. The first kappa shape index (κ1) is 15.4. The van der Waals surface area contributed by atoms with Crippen molar-refractivity contribution in [3.63, 3.8) is 0 Å². The largest absolute Gasteiger partial charge is 0.481 e. The molecule has 0 aromatic heterocycles. The number of nitrogens with two attached hydrogens (primary N) is 1. The van der Waals surface area contributed by atoms with E-state index in [4.69, 9.17) is 20.3 Å². The molecule has 1 rings (SSSR count). The van der Waals surface area contributed by atoms with Crippen molar-refractivity contribution in [3.8, 4) is 0 Å². The molecule has 1 aliphatic rings. The highest BCUT2D eigenvalue weighted by Gasteiger charge is 2.42. The molecule has 1 aliphatic heterocycles. The summed E-state index contributed by atoms with van der Waals surface area (Å²) in [6.07, 6.45) is 0.850. The molecule has 1 saturated heterocycles. The molecule has 0 saturated carbocycles. The van der Waals surface area contributed by atoms with Crippen molar-refractivity contribution in [2.24, 2.45) is 11.1 Å². The zero-order chi connectivity index (χ0) is 13.9. The van der Waals surface area contributed by atoms with Crippen LogP contribution in [0.25, 0.3) is 0 Å². The van der Waals surface area contributed by atoms with Crippen LogP contribution >= 0.6 is 0 Å². The third-order valence-electron chi connectivity index (χ3n) is 3.10. The number of carboxylic acid groups (broad SMARTS) is 1. The Bertz CT molecular complexity index is 400. The normalized spacial score (nSPS) is 25.3. The van der Waals surface area contributed by atoms with Crippen molar-refractivity contribution in [1.82, 2.24) is 4.31 Å². The van der Waals surface area contributed by atoms with Gasteiger partial charge in [0.05, 0.1) is 5.92 Å². The molecule has 2 unspecified atom stereocenters. The second-order valence-corrected chi connectivity index (χ2v) is 5.87. The first-order valence-electron chi connectivity index (χ1n) is 5.62. The maximum absolute atomic E-state index is 11.3. The topological polar surface area (TPSA) is 141 Å². The average molecular weight is 280 g/mol. The Morgan fingerprint density at radius 2 is 2.06 bits per heavy atom. The highest BCUT2D eigenvalue weighted by Crippen LogP contribution is 2.30. The summed E-state index contributed by atoms with van der Waals surface area (Å²) in [6.45, 7) is 0.0855. The lowest BCUT2D eigenvalue weighted by Crippen LogP contribution is -2.43. The zero-order valence-corrected chi connectivity index (χ0v) is 10.6. The summed E-state index contributed by atoms with van der Waals surface area (Å²) < 4.78 is 23.6. The van der Waals surface area contributed by atoms with E-state index >= 15 is 0 Å². The lowest BCUT2D eigenvalue weighted by Gasteiger charge is -2.24. The molecule has 0 radical (unpaired) electrons. The van der Waals surface area contributed by atoms with Crippen LogP contribution in [0.1, 0.15) is 19.3 Å². The van der Waals surface area contributed by atoms with E-state index in [1.165, 1.54) is 0 Å². The van der Waals surface area contributed by atoms with E-state index in [0.717, 1.165) is 4.31 Å². The minimum absolute atomic E-state index is 0.0707. The lowest BCUT2D eigenvalue weighted by molar-refractivity contribution is -0.142. The second-order valence-electron chi connectivity index (χ2n) is 4.37. The summed E-state index contributed by atoms with van der Waals surface area (Å²) in [7, 11) is -5.40. The van der Waals surface area contributed by atoms with Crippen molar-refractivity contribution < 1.29 is 28.4 Å². The van der Waals surface area contributed by atoms with Gasteiger partial charge in [-0.15, -0.1) is 0 Å². The number of hydrogen-bond donors (Lipinski definition) is 4. The predicted molar refractivity (Wildman–Crippen MR) is 63.6 cm³/mol. The monoisotopic (exact) mass is 280 g/mol. The molecular weight excluding hydrogens is 263 g/mol. The Hall–Kier alpha value is -0.675. The molecular formula is C8H17BN2O6S. The van der Waals surface area contributed by atoms with Gasteiger partial charge in [0.1, 0.15) is 0 Å². The van der Waals surface area contributed by atoms with Crippen molar-refractivity contribution >= 4 is 23.3 Å². The number of carboxylic acids is 1. The number of hydrogen-bond acceptors (Lipinski definition) is 5. The SMILES string of the molecule is NS(=O)(=O)N1CCC(C(=O)O)C1CCCB(O)O. The standard InChI is InChI=1S/C8H17BN2O6S/c10-18(16,17)11-5-3-6(8(12)13)7(11)2-1-4-9(14)15/h6-7,14-15H,1-5H2,(H,12,13)(H2,10,16,17). The average Bonchev–Trinajstić information content (AvgIpc) is 2.60.